The van der Waals surface area contributed by atoms with E-state index >= 15 is 0 Å². The first-order chi connectivity index (χ1) is 12.5. The van der Waals surface area contributed by atoms with Gasteiger partial charge in [-0.2, -0.15) is 0 Å². The van der Waals surface area contributed by atoms with E-state index in [4.69, 9.17) is 0 Å². The quantitative estimate of drug-likeness (QED) is 0.896. The average molecular weight is 350 g/mol. The minimum atomic E-state index is -0.287. The molecule has 1 aliphatic heterocycles. The Morgan fingerprint density at radius 1 is 1.15 bits per heavy atom. The van der Waals surface area contributed by atoms with Crippen molar-refractivity contribution < 1.29 is 9.59 Å². The van der Waals surface area contributed by atoms with Crippen LogP contribution in [0.4, 0.5) is 5.69 Å². The lowest BCUT2D eigenvalue weighted by Gasteiger charge is -2.20. The topological polar surface area (TPSA) is 49.4 Å². The molecular formula is C22H26N2O2. The van der Waals surface area contributed by atoms with Gasteiger partial charge in [0.15, 0.2) is 0 Å². The molecule has 0 aromatic heterocycles. The van der Waals surface area contributed by atoms with Crippen molar-refractivity contribution in [3.8, 4) is 0 Å². The van der Waals surface area contributed by atoms with E-state index in [9.17, 15) is 9.59 Å². The molecule has 0 radical (unpaired) electrons. The van der Waals surface area contributed by atoms with Gasteiger partial charge in [0, 0.05) is 25.2 Å². The molecule has 4 nitrogen and oxygen atoms in total. The van der Waals surface area contributed by atoms with Gasteiger partial charge >= 0.3 is 0 Å². The summed E-state index contributed by atoms with van der Waals surface area (Å²) in [6.07, 6.45) is 0.277. The van der Waals surface area contributed by atoms with E-state index in [-0.39, 0.29) is 30.1 Å². The number of amides is 2. The summed E-state index contributed by atoms with van der Waals surface area (Å²) in [6, 6.07) is 16.1. The van der Waals surface area contributed by atoms with Crippen LogP contribution in [0.15, 0.2) is 48.5 Å². The molecule has 1 heterocycles. The molecule has 1 saturated heterocycles. The smallest absolute Gasteiger partial charge is 0.227 e. The molecule has 1 N–H and O–H groups in total. The number of nitrogens with zero attached hydrogens (tertiary/aromatic N) is 1. The summed E-state index contributed by atoms with van der Waals surface area (Å²) in [6.45, 7) is 7.19. The van der Waals surface area contributed by atoms with Crippen molar-refractivity contribution in [2.75, 3.05) is 18.0 Å². The largest absolute Gasteiger partial charge is 0.355 e. The van der Waals surface area contributed by atoms with Crippen LogP contribution in [0.2, 0.25) is 0 Å². The highest BCUT2D eigenvalue weighted by molar-refractivity contribution is 6.00. The van der Waals surface area contributed by atoms with Gasteiger partial charge < -0.3 is 10.2 Å². The maximum absolute atomic E-state index is 12.6. The van der Waals surface area contributed by atoms with E-state index in [1.165, 1.54) is 5.56 Å². The Morgan fingerprint density at radius 2 is 1.88 bits per heavy atom. The zero-order valence-electron chi connectivity index (χ0n) is 15.7. The minimum absolute atomic E-state index is 0.0231. The van der Waals surface area contributed by atoms with Crippen molar-refractivity contribution in [2.24, 2.45) is 5.92 Å². The number of benzene rings is 2. The van der Waals surface area contributed by atoms with Crippen LogP contribution in [-0.4, -0.2) is 24.9 Å². The number of anilines is 1. The second-order valence-corrected chi connectivity index (χ2v) is 7.18. The Balaban J connectivity index is 1.61. The van der Waals surface area contributed by atoms with Crippen LogP contribution < -0.4 is 10.2 Å². The van der Waals surface area contributed by atoms with Gasteiger partial charge in [-0.25, -0.2) is 0 Å². The summed E-state index contributed by atoms with van der Waals surface area (Å²) in [5, 5.41) is 3.02. The van der Waals surface area contributed by atoms with Gasteiger partial charge in [0.25, 0.3) is 0 Å². The number of carbonyl (C=O) groups excluding carboxylic acids is 2. The summed E-state index contributed by atoms with van der Waals surface area (Å²) in [4.78, 5) is 26.8. The third-order valence-electron chi connectivity index (χ3n) is 5.31. The maximum Gasteiger partial charge on any atom is 0.227 e. The fourth-order valence-corrected chi connectivity index (χ4v) is 3.44. The molecule has 0 saturated carbocycles. The second kappa shape index (κ2) is 7.73. The molecule has 4 heteroatoms. The molecule has 0 aliphatic carbocycles. The minimum Gasteiger partial charge on any atom is -0.355 e. The van der Waals surface area contributed by atoms with Gasteiger partial charge in [0.1, 0.15) is 0 Å². The molecule has 2 aromatic rings. The molecule has 0 unspecified atom stereocenters. The normalized spacial score (nSPS) is 18.0. The van der Waals surface area contributed by atoms with E-state index in [0.29, 0.717) is 13.1 Å². The molecule has 2 atom stereocenters. The monoisotopic (exact) mass is 350 g/mol. The van der Waals surface area contributed by atoms with E-state index in [0.717, 1.165) is 16.8 Å². The molecule has 0 spiro atoms. The second-order valence-electron chi connectivity index (χ2n) is 7.18. The molecule has 26 heavy (non-hydrogen) atoms. The molecule has 136 valence electrons. The van der Waals surface area contributed by atoms with Gasteiger partial charge in [-0.3, -0.25) is 9.59 Å². The molecule has 0 bridgehead atoms. The lowest BCUT2D eigenvalue weighted by atomic mass is 10.0. The molecule has 2 amide bonds. The number of aryl methyl sites for hydroxylation is 1. The lowest BCUT2D eigenvalue weighted by Crippen LogP contribution is -2.35. The standard InChI is InChI=1S/C22H26N2O2/c1-15-8-7-11-20(17(15)3)24-14-19(12-21(24)25)22(26)23-13-16(2)18-9-5-4-6-10-18/h4-11,16,19H,12-14H2,1-3H3,(H,23,26)/t16-,19+/m1/s1. The highest BCUT2D eigenvalue weighted by Crippen LogP contribution is 2.29. The summed E-state index contributed by atoms with van der Waals surface area (Å²) >= 11 is 0. The van der Waals surface area contributed by atoms with Crippen molar-refractivity contribution in [3.05, 3.63) is 65.2 Å². The lowest BCUT2D eigenvalue weighted by molar-refractivity contribution is -0.126. The van der Waals surface area contributed by atoms with E-state index in [2.05, 4.69) is 24.4 Å². The van der Waals surface area contributed by atoms with Crippen LogP contribution in [0.5, 0.6) is 0 Å². The van der Waals surface area contributed by atoms with E-state index < -0.39 is 0 Å². The van der Waals surface area contributed by atoms with Crippen LogP contribution >= 0.6 is 0 Å². The number of nitrogens with one attached hydrogen (secondary N) is 1. The number of hydrogen-bond donors (Lipinski definition) is 1. The Morgan fingerprint density at radius 3 is 2.62 bits per heavy atom. The number of hydrogen-bond acceptors (Lipinski definition) is 2. The molecular weight excluding hydrogens is 324 g/mol. The van der Waals surface area contributed by atoms with Crippen molar-refractivity contribution in [1.29, 1.82) is 0 Å². The van der Waals surface area contributed by atoms with Gasteiger partial charge in [-0.15, -0.1) is 0 Å². The molecule has 1 fully saturated rings. The summed E-state index contributed by atoms with van der Waals surface area (Å²) in [5.74, 6) is -0.0540. The van der Waals surface area contributed by atoms with Crippen molar-refractivity contribution in [3.63, 3.8) is 0 Å². The highest BCUT2D eigenvalue weighted by Gasteiger charge is 2.35. The van der Waals surface area contributed by atoms with E-state index in [1.807, 2.05) is 50.2 Å². The van der Waals surface area contributed by atoms with Crippen LogP contribution in [0.25, 0.3) is 0 Å². The van der Waals surface area contributed by atoms with E-state index in [1.54, 1.807) is 4.90 Å². The summed E-state index contributed by atoms with van der Waals surface area (Å²) in [7, 11) is 0. The molecule has 3 rings (SSSR count). The van der Waals surface area contributed by atoms with Gasteiger partial charge in [0.2, 0.25) is 11.8 Å². The Labute approximate surface area is 155 Å². The Hall–Kier alpha value is -2.62. The Bertz CT molecular complexity index is 801. The van der Waals surface area contributed by atoms with Crippen LogP contribution in [0.1, 0.15) is 36.0 Å². The zero-order chi connectivity index (χ0) is 18.7. The van der Waals surface area contributed by atoms with Crippen LogP contribution in [0.3, 0.4) is 0 Å². The van der Waals surface area contributed by atoms with Crippen LogP contribution in [0, 0.1) is 19.8 Å². The van der Waals surface area contributed by atoms with Crippen molar-refractivity contribution in [2.45, 2.75) is 33.1 Å². The number of carbonyl (C=O) groups is 2. The number of rotatable bonds is 5. The fourth-order valence-electron chi connectivity index (χ4n) is 3.44. The van der Waals surface area contributed by atoms with Crippen LogP contribution in [-0.2, 0) is 9.59 Å². The van der Waals surface area contributed by atoms with Gasteiger partial charge in [-0.05, 0) is 42.5 Å². The Kier molecular flexibility index (Phi) is 5.40. The SMILES string of the molecule is Cc1cccc(N2C[C@@H](C(=O)NC[C@@H](C)c3ccccc3)CC2=O)c1C. The third-order valence-corrected chi connectivity index (χ3v) is 5.31. The first kappa shape index (κ1) is 18.2. The highest BCUT2D eigenvalue weighted by atomic mass is 16.2. The summed E-state index contributed by atoms with van der Waals surface area (Å²) < 4.78 is 0. The summed E-state index contributed by atoms with van der Waals surface area (Å²) in [5.41, 5.74) is 4.37. The first-order valence-corrected chi connectivity index (χ1v) is 9.16. The predicted molar refractivity (Wildman–Crippen MR) is 104 cm³/mol. The van der Waals surface area contributed by atoms with Crippen molar-refractivity contribution in [1.82, 2.24) is 5.32 Å². The maximum atomic E-state index is 12.6. The first-order valence-electron chi connectivity index (χ1n) is 9.16. The molecule has 2 aromatic carbocycles. The van der Waals surface area contributed by atoms with Crippen molar-refractivity contribution >= 4 is 17.5 Å². The van der Waals surface area contributed by atoms with Gasteiger partial charge in [-0.1, -0.05) is 49.4 Å². The third kappa shape index (κ3) is 3.79. The molecule has 1 aliphatic rings. The predicted octanol–water partition coefficient (Wildman–Crippen LogP) is 3.58. The average Bonchev–Trinajstić information content (AvgIpc) is 3.04. The zero-order valence-corrected chi connectivity index (χ0v) is 15.7. The van der Waals surface area contributed by atoms with Gasteiger partial charge in [0.05, 0.1) is 5.92 Å². The fraction of sp³-hybridized carbons (Fsp3) is 0.364.